The number of rotatable bonds is 3. The molecule has 1 aromatic rings. The highest BCUT2D eigenvalue weighted by atomic mass is 19.1. The maximum Gasteiger partial charge on any atom is 0.313 e. The fourth-order valence-electron chi connectivity index (χ4n) is 2.05. The molecule has 1 saturated carbocycles. The average Bonchev–Trinajstić information content (AvgIpc) is 2.17. The van der Waals surface area contributed by atoms with Gasteiger partial charge in [0, 0.05) is 11.6 Å². The van der Waals surface area contributed by atoms with Gasteiger partial charge in [-0.25, -0.2) is 4.39 Å². The monoisotopic (exact) mass is 240 g/mol. The molecule has 1 fully saturated rings. The number of aromatic hydroxyl groups is 1. The van der Waals surface area contributed by atoms with E-state index in [-0.39, 0.29) is 11.5 Å². The highest BCUT2D eigenvalue weighted by Gasteiger charge is 2.30. The van der Waals surface area contributed by atoms with Crippen molar-refractivity contribution in [1.82, 2.24) is 0 Å². The Morgan fingerprint density at radius 2 is 2.18 bits per heavy atom. The molecule has 0 aliphatic heterocycles. The van der Waals surface area contributed by atoms with Crippen molar-refractivity contribution >= 4 is 5.69 Å². The summed E-state index contributed by atoms with van der Waals surface area (Å²) in [5, 5.41) is 20.4. The minimum Gasteiger partial charge on any atom is -0.502 e. The molecular weight excluding hydrogens is 227 g/mol. The third kappa shape index (κ3) is 2.08. The number of hydrogen-bond donors (Lipinski definition) is 2. The number of hydrogen-bond acceptors (Lipinski definition) is 4. The minimum atomic E-state index is -0.810. The van der Waals surface area contributed by atoms with Gasteiger partial charge in [-0.1, -0.05) is 6.42 Å². The molecule has 0 saturated heterocycles. The van der Waals surface area contributed by atoms with Crippen LogP contribution in [0.5, 0.6) is 5.75 Å². The lowest BCUT2D eigenvalue weighted by atomic mass is 9.77. The van der Waals surface area contributed by atoms with Gasteiger partial charge in [0.15, 0.2) is 5.75 Å². The highest BCUT2D eigenvalue weighted by molar-refractivity contribution is 5.52. The fourth-order valence-corrected chi connectivity index (χ4v) is 2.05. The Morgan fingerprint density at radius 3 is 2.65 bits per heavy atom. The molecule has 17 heavy (non-hydrogen) atoms. The summed E-state index contributed by atoms with van der Waals surface area (Å²) >= 11 is 0. The molecule has 3 N–H and O–H groups in total. The van der Waals surface area contributed by atoms with E-state index in [1.807, 2.05) is 0 Å². The Morgan fingerprint density at radius 1 is 1.53 bits per heavy atom. The lowest BCUT2D eigenvalue weighted by molar-refractivity contribution is -0.386. The van der Waals surface area contributed by atoms with E-state index in [9.17, 15) is 19.6 Å². The molecule has 0 unspecified atom stereocenters. The van der Waals surface area contributed by atoms with Crippen LogP contribution in [-0.4, -0.2) is 10.0 Å². The first-order chi connectivity index (χ1) is 8.00. The van der Waals surface area contributed by atoms with Gasteiger partial charge in [-0.05, 0) is 24.8 Å². The molecule has 0 aromatic heterocycles. The van der Waals surface area contributed by atoms with Crippen LogP contribution >= 0.6 is 0 Å². The van der Waals surface area contributed by atoms with E-state index in [2.05, 4.69) is 0 Å². The second kappa shape index (κ2) is 4.29. The van der Waals surface area contributed by atoms with Crippen molar-refractivity contribution in [2.45, 2.75) is 25.3 Å². The fraction of sp³-hybridized carbons (Fsp3) is 0.455. The summed E-state index contributed by atoms with van der Waals surface area (Å²) in [6.45, 7) is 0. The van der Waals surface area contributed by atoms with E-state index >= 15 is 0 Å². The average molecular weight is 240 g/mol. The van der Waals surface area contributed by atoms with Crippen molar-refractivity contribution in [3.05, 3.63) is 33.6 Å². The van der Waals surface area contributed by atoms with E-state index < -0.39 is 28.2 Å². The van der Waals surface area contributed by atoms with Crippen molar-refractivity contribution in [1.29, 1.82) is 0 Å². The third-order valence-electron chi connectivity index (χ3n) is 3.30. The number of benzene rings is 1. The zero-order valence-corrected chi connectivity index (χ0v) is 9.10. The van der Waals surface area contributed by atoms with Gasteiger partial charge in [0.1, 0.15) is 5.82 Å². The quantitative estimate of drug-likeness (QED) is 0.626. The number of nitrogens with zero attached hydrogens (tertiary/aromatic N) is 1. The molecule has 1 aliphatic rings. The van der Waals surface area contributed by atoms with Gasteiger partial charge >= 0.3 is 5.69 Å². The first-order valence-corrected chi connectivity index (χ1v) is 5.43. The van der Waals surface area contributed by atoms with E-state index in [1.54, 1.807) is 0 Å². The normalized spacial score (nSPS) is 17.5. The second-order valence-corrected chi connectivity index (χ2v) is 4.34. The van der Waals surface area contributed by atoms with Crippen molar-refractivity contribution in [3.8, 4) is 5.75 Å². The molecule has 2 rings (SSSR count). The summed E-state index contributed by atoms with van der Waals surface area (Å²) in [5.74, 6) is -1.10. The van der Waals surface area contributed by atoms with Gasteiger partial charge in [0.05, 0.1) is 11.0 Å². The Balaban J connectivity index is 2.41. The zero-order chi connectivity index (χ0) is 12.6. The minimum absolute atomic E-state index is 0.126. The Bertz CT molecular complexity index is 460. The van der Waals surface area contributed by atoms with Gasteiger partial charge in [-0.2, -0.15) is 0 Å². The zero-order valence-electron chi connectivity index (χ0n) is 9.10. The lowest BCUT2D eigenvalue weighted by Crippen LogP contribution is -2.27. The van der Waals surface area contributed by atoms with Crippen LogP contribution in [-0.2, 0) is 0 Å². The molecule has 0 bridgehead atoms. The first-order valence-electron chi connectivity index (χ1n) is 5.43. The topological polar surface area (TPSA) is 89.4 Å². The van der Waals surface area contributed by atoms with E-state index in [1.165, 1.54) is 0 Å². The van der Waals surface area contributed by atoms with Crippen LogP contribution in [0.15, 0.2) is 12.1 Å². The van der Waals surface area contributed by atoms with Crippen LogP contribution in [0, 0.1) is 21.8 Å². The molecule has 1 aromatic carbocycles. The maximum absolute atomic E-state index is 13.2. The SMILES string of the molecule is N[C@H](c1cc(F)cc([N+](=O)[O-])c1O)C1CCC1. The number of phenols is 1. The predicted octanol–water partition coefficient (Wildman–Crippen LogP) is 2.24. The number of nitro benzene ring substituents is 1. The predicted molar refractivity (Wildman–Crippen MR) is 59.0 cm³/mol. The first kappa shape index (κ1) is 11.8. The van der Waals surface area contributed by atoms with Crippen molar-refractivity contribution in [2.24, 2.45) is 11.7 Å². The van der Waals surface area contributed by atoms with Gasteiger partial charge in [-0.3, -0.25) is 10.1 Å². The third-order valence-corrected chi connectivity index (χ3v) is 3.30. The van der Waals surface area contributed by atoms with Crippen LogP contribution in [0.3, 0.4) is 0 Å². The summed E-state index contributed by atoms with van der Waals surface area (Å²) < 4.78 is 13.2. The van der Waals surface area contributed by atoms with Gasteiger partial charge in [0.25, 0.3) is 0 Å². The van der Waals surface area contributed by atoms with Crippen LogP contribution in [0.2, 0.25) is 0 Å². The maximum atomic E-state index is 13.2. The van der Waals surface area contributed by atoms with Crippen LogP contribution in [0.25, 0.3) is 0 Å². The van der Waals surface area contributed by atoms with E-state index in [0.29, 0.717) is 6.07 Å². The number of nitrogens with two attached hydrogens (primary N) is 1. The molecule has 6 heteroatoms. The van der Waals surface area contributed by atoms with Crippen molar-refractivity contribution in [3.63, 3.8) is 0 Å². The molecular formula is C11H13FN2O3. The second-order valence-electron chi connectivity index (χ2n) is 4.34. The van der Waals surface area contributed by atoms with E-state index in [0.717, 1.165) is 25.3 Å². The van der Waals surface area contributed by atoms with Gasteiger partial charge in [-0.15, -0.1) is 0 Å². The van der Waals surface area contributed by atoms with Gasteiger partial charge < -0.3 is 10.8 Å². The lowest BCUT2D eigenvalue weighted by Gasteiger charge is -2.31. The summed E-state index contributed by atoms with van der Waals surface area (Å²) in [7, 11) is 0. The standard InChI is InChI=1S/C11H13FN2O3/c12-7-4-8(10(13)6-2-1-3-6)11(15)9(5-7)14(16)17/h4-6,10,15H,1-3,13H2/t10-/m0/s1. The largest absolute Gasteiger partial charge is 0.502 e. The smallest absolute Gasteiger partial charge is 0.313 e. The summed E-state index contributed by atoms with van der Waals surface area (Å²) in [6, 6.07) is 1.23. The molecule has 0 amide bonds. The molecule has 92 valence electrons. The van der Waals surface area contributed by atoms with Gasteiger partial charge in [0.2, 0.25) is 0 Å². The number of nitro groups is 1. The molecule has 0 radical (unpaired) electrons. The molecule has 0 spiro atoms. The summed E-state index contributed by atoms with van der Waals surface area (Å²) in [4.78, 5) is 9.83. The van der Waals surface area contributed by atoms with Crippen LogP contribution < -0.4 is 5.73 Å². The molecule has 1 aliphatic carbocycles. The van der Waals surface area contributed by atoms with Crippen LogP contribution in [0.4, 0.5) is 10.1 Å². The number of halogens is 1. The Labute approximate surface area is 97.2 Å². The van der Waals surface area contributed by atoms with Crippen molar-refractivity contribution < 1.29 is 14.4 Å². The highest BCUT2D eigenvalue weighted by Crippen LogP contribution is 2.42. The Kier molecular flexibility index (Phi) is 2.97. The molecule has 1 atom stereocenters. The van der Waals surface area contributed by atoms with Crippen molar-refractivity contribution in [2.75, 3.05) is 0 Å². The number of phenolic OH excluding ortho intramolecular Hbond substituents is 1. The summed E-state index contributed by atoms with van der Waals surface area (Å²) in [5.41, 5.74) is 5.39. The molecule has 5 nitrogen and oxygen atoms in total. The van der Waals surface area contributed by atoms with E-state index in [4.69, 9.17) is 5.73 Å². The van der Waals surface area contributed by atoms with Crippen LogP contribution in [0.1, 0.15) is 30.9 Å². The molecule has 0 heterocycles. The summed E-state index contributed by atoms with van der Waals surface area (Å²) in [6.07, 6.45) is 2.87. The Hall–Kier alpha value is -1.69.